The zero-order valence-electron chi connectivity index (χ0n) is 7.21. The van der Waals surface area contributed by atoms with Gasteiger partial charge >= 0.3 is 0 Å². The van der Waals surface area contributed by atoms with Crippen LogP contribution in [0.2, 0.25) is 0 Å². The van der Waals surface area contributed by atoms with E-state index >= 15 is 0 Å². The van der Waals surface area contributed by atoms with Crippen LogP contribution in [0.1, 0.15) is 18.1 Å². The second-order valence-electron chi connectivity index (χ2n) is 2.76. The number of carbonyl (C=O) groups excluding carboxylic acids is 1. The zero-order valence-corrected chi connectivity index (χ0v) is 7.21. The molecule has 64 valence electrons. The highest BCUT2D eigenvalue weighted by Gasteiger charge is 1.98. The zero-order chi connectivity index (χ0) is 8.97. The fourth-order valence-electron chi connectivity index (χ4n) is 1.14. The molecule has 2 heteroatoms. The summed E-state index contributed by atoms with van der Waals surface area (Å²) in [5, 5.41) is 0. The van der Waals surface area contributed by atoms with E-state index in [1.54, 1.807) is 0 Å². The minimum atomic E-state index is 0.413. The van der Waals surface area contributed by atoms with Crippen LogP contribution in [0.4, 0.5) is 5.69 Å². The van der Waals surface area contributed by atoms with Crippen molar-refractivity contribution in [3.63, 3.8) is 0 Å². The summed E-state index contributed by atoms with van der Waals surface area (Å²) >= 11 is 0. The van der Waals surface area contributed by atoms with Gasteiger partial charge < -0.3 is 10.5 Å². The Hall–Kier alpha value is -1.31. The van der Waals surface area contributed by atoms with Crippen molar-refractivity contribution in [3.05, 3.63) is 29.3 Å². The maximum absolute atomic E-state index is 10.2. The SMILES string of the molecule is CCc1ccc(CC=O)c(N)c1. The molecule has 1 rings (SSSR count). The van der Waals surface area contributed by atoms with E-state index in [0.717, 1.165) is 24.0 Å². The van der Waals surface area contributed by atoms with Gasteiger partial charge in [-0.2, -0.15) is 0 Å². The summed E-state index contributed by atoms with van der Waals surface area (Å²) in [5.74, 6) is 0. The third-order valence-corrected chi connectivity index (χ3v) is 1.92. The van der Waals surface area contributed by atoms with Crippen LogP contribution in [0.25, 0.3) is 0 Å². The molecule has 0 aromatic heterocycles. The number of hydrogen-bond acceptors (Lipinski definition) is 2. The molecule has 0 aliphatic rings. The fourth-order valence-corrected chi connectivity index (χ4v) is 1.14. The van der Waals surface area contributed by atoms with Crippen molar-refractivity contribution < 1.29 is 4.79 Å². The van der Waals surface area contributed by atoms with E-state index < -0.39 is 0 Å². The number of benzene rings is 1. The maximum atomic E-state index is 10.2. The van der Waals surface area contributed by atoms with Crippen LogP contribution >= 0.6 is 0 Å². The molecule has 1 aromatic rings. The van der Waals surface area contributed by atoms with Crippen molar-refractivity contribution in [3.8, 4) is 0 Å². The first kappa shape index (κ1) is 8.78. The highest BCUT2D eigenvalue weighted by atomic mass is 16.1. The van der Waals surface area contributed by atoms with E-state index in [4.69, 9.17) is 5.73 Å². The van der Waals surface area contributed by atoms with Gasteiger partial charge in [0, 0.05) is 12.1 Å². The van der Waals surface area contributed by atoms with Gasteiger partial charge in [-0.1, -0.05) is 19.1 Å². The smallest absolute Gasteiger partial charge is 0.124 e. The number of anilines is 1. The summed E-state index contributed by atoms with van der Waals surface area (Å²) in [6.45, 7) is 2.08. The van der Waals surface area contributed by atoms with E-state index in [2.05, 4.69) is 6.92 Å². The van der Waals surface area contributed by atoms with Crippen LogP contribution in [0.15, 0.2) is 18.2 Å². The van der Waals surface area contributed by atoms with E-state index in [1.807, 2.05) is 18.2 Å². The lowest BCUT2D eigenvalue weighted by Gasteiger charge is -2.03. The van der Waals surface area contributed by atoms with Crippen LogP contribution in [0.3, 0.4) is 0 Å². The summed E-state index contributed by atoms with van der Waals surface area (Å²) in [6, 6.07) is 5.86. The number of aldehydes is 1. The highest BCUT2D eigenvalue weighted by molar-refractivity contribution is 5.61. The summed E-state index contributed by atoms with van der Waals surface area (Å²) in [5.41, 5.74) is 8.58. The van der Waals surface area contributed by atoms with Gasteiger partial charge in [-0.3, -0.25) is 0 Å². The molecule has 1 aromatic carbocycles. The normalized spacial score (nSPS) is 9.75. The Bertz CT molecular complexity index is 281. The highest BCUT2D eigenvalue weighted by Crippen LogP contribution is 2.14. The van der Waals surface area contributed by atoms with Crippen molar-refractivity contribution >= 4 is 12.0 Å². The van der Waals surface area contributed by atoms with Crippen molar-refractivity contribution in [2.24, 2.45) is 0 Å². The molecule has 0 saturated carbocycles. The molecule has 0 amide bonds. The van der Waals surface area contributed by atoms with E-state index in [0.29, 0.717) is 6.42 Å². The average Bonchev–Trinajstić information content (AvgIpc) is 2.09. The first-order valence-corrected chi connectivity index (χ1v) is 4.08. The van der Waals surface area contributed by atoms with Crippen LogP contribution in [0.5, 0.6) is 0 Å². The molecule has 12 heavy (non-hydrogen) atoms. The first-order chi connectivity index (χ1) is 5.77. The molecule has 0 bridgehead atoms. The Morgan fingerprint density at radius 1 is 1.50 bits per heavy atom. The maximum Gasteiger partial charge on any atom is 0.124 e. The Morgan fingerprint density at radius 2 is 2.25 bits per heavy atom. The van der Waals surface area contributed by atoms with Crippen molar-refractivity contribution in [2.45, 2.75) is 19.8 Å². The van der Waals surface area contributed by atoms with Crippen LogP contribution in [-0.4, -0.2) is 6.29 Å². The Balaban J connectivity index is 2.94. The second-order valence-corrected chi connectivity index (χ2v) is 2.76. The predicted octanol–water partition coefficient (Wildman–Crippen LogP) is 1.57. The van der Waals surface area contributed by atoms with Gasteiger partial charge in [-0.15, -0.1) is 0 Å². The van der Waals surface area contributed by atoms with E-state index in [9.17, 15) is 4.79 Å². The van der Waals surface area contributed by atoms with Crippen LogP contribution in [0, 0.1) is 0 Å². The lowest BCUT2D eigenvalue weighted by atomic mass is 10.1. The van der Waals surface area contributed by atoms with Crippen molar-refractivity contribution in [1.82, 2.24) is 0 Å². The Labute approximate surface area is 72.4 Å². The number of carbonyl (C=O) groups is 1. The monoisotopic (exact) mass is 163 g/mol. The lowest BCUT2D eigenvalue weighted by Crippen LogP contribution is -1.96. The average molecular weight is 163 g/mol. The summed E-state index contributed by atoms with van der Waals surface area (Å²) < 4.78 is 0. The standard InChI is InChI=1S/C10H13NO/c1-2-8-3-4-9(5-6-12)10(11)7-8/h3-4,6-7H,2,5,11H2,1H3. The summed E-state index contributed by atoms with van der Waals surface area (Å²) in [4.78, 5) is 10.2. The molecule has 0 unspecified atom stereocenters. The molecule has 0 radical (unpaired) electrons. The lowest BCUT2D eigenvalue weighted by molar-refractivity contribution is -0.107. The van der Waals surface area contributed by atoms with Crippen LogP contribution < -0.4 is 5.73 Å². The predicted molar refractivity (Wildman–Crippen MR) is 50.0 cm³/mol. The van der Waals surface area contributed by atoms with Crippen LogP contribution in [-0.2, 0) is 17.6 Å². The van der Waals surface area contributed by atoms with Crippen molar-refractivity contribution in [2.75, 3.05) is 5.73 Å². The third-order valence-electron chi connectivity index (χ3n) is 1.92. The van der Waals surface area contributed by atoms with Gasteiger partial charge in [-0.25, -0.2) is 0 Å². The van der Waals surface area contributed by atoms with Crippen molar-refractivity contribution in [1.29, 1.82) is 0 Å². The Morgan fingerprint density at radius 3 is 2.75 bits per heavy atom. The number of nitrogens with two attached hydrogens (primary N) is 1. The van der Waals surface area contributed by atoms with Gasteiger partial charge in [0.25, 0.3) is 0 Å². The topological polar surface area (TPSA) is 43.1 Å². The number of hydrogen-bond donors (Lipinski definition) is 1. The molecule has 0 heterocycles. The third kappa shape index (κ3) is 1.84. The summed E-state index contributed by atoms with van der Waals surface area (Å²) in [7, 11) is 0. The molecule has 0 aliphatic carbocycles. The molecule has 0 spiro atoms. The first-order valence-electron chi connectivity index (χ1n) is 4.08. The van der Waals surface area contributed by atoms with E-state index in [-0.39, 0.29) is 0 Å². The second kappa shape index (κ2) is 3.90. The Kier molecular flexibility index (Phi) is 2.86. The molecule has 2 nitrogen and oxygen atoms in total. The molecular weight excluding hydrogens is 150 g/mol. The fraction of sp³-hybridized carbons (Fsp3) is 0.300. The number of rotatable bonds is 3. The molecule has 0 saturated heterocycles. The number of nitrogen functional groups attached to an aromatic ring is 1. The largest absolute Gasteiger partial charge is 0.398 e. The molecule has 2 N–H and O–H groups in total. The van der Waals surface area contributed by atoms with Gasteiger partial charge in [0.2, 0.25) is 0 Å². The number of aryl methyl sites for hydroxylation is 1. The molecule has 0 aliphatic heterocycles. The molecule has 0 fully saturated rings. The van der Waals surface area contributed by atoms with Gasteiger partial charge in [0.05, 0.1) is 0 Å². The minimum Gasteiger partial charge on any atom is -0.398 e. The van der Waals surface area contributed by atoms with Gasteiger partial charge in [0.1, 0.15) is 6.29 Å². The molecule has 0 atom stereocenters. The van der Waals surface area contributed by atoms with E-state index in [1.165, 1.54) is 5.56 Å². The molecular formula is C10H13NO. The van der Waals surface area contributed by atoms with Gasteiger partial charge in [0.15, 0.2) is 0 Å². The minimum absolute atomic E-state index is 0.413. The van der Waals surface area contributed by atoms with Gasteiger partial charge in [-0.05, 0) is 23.6 Å². The quantitative estimate of drug-likeness (QED) is 0.543. The summed E-state index contributed by atoms with van der Waals surface area (Å²) in [6.07, 6.45) is 2.26.